The number of likely N-dealkylation sites (tertiary alicyclic amines) is 1. The van der Waals surface area contributed by atoms with Crippen molar-refractivity contribution in [2.75, 3.05) is 54.1 Å². The zero-order chi connectivity index (χ0) is 38.8. The fourth-order valence-corrected chi connectivity index (χ4v) is 9.24. The van der Waals surface area contributed by atoms with Crippen LogP contribution in [0.15, 0.2) is 104 Å². The summed E-state index contributed by atoms with van der Waals surface area (Å²) in [6.07, 6.45) is 3.71. The number of aliphatic hydroxyl groups excluding tert-OH is 1. The molecule has 10 nitrogen and oxygen atoms in total. The van der Waals surface area contributed by atoms with E-state index in [1.807, 2.05) is 99.6 Å². The van der Waals surface area contributed by atoms with Gasteiger partial charge >= 0.3 is 0 Å². The molecule has 6 rings (SSSR count). The average molecular weight is 735 g/mol. The van der Waals surface area contributed by atoms with Crippen LogP contribution in [0.25, 0.3) is 0 Å². The highest BCUT2D eigenvalue weighted by Gasteiger charge is 2.80. The molecule has 3 aromatic carbocycles. The SMILES string of the molecule is C=CCN(C(=O)C1N([C@H](CO)c2ccccc2)C(=O)[C@@H]2[C@@H](C(=O)N(CC=C)c3ccc(OCC)cc3)[C@]3(C)OC12CC3C)c1ccc(N(CC)CC)cc1. The molecule has 3 aliphatic rings. The van der Waals surface area contributed by atoms with Gasteiger partial charge in [-0.05, 0) is 94.1 Å². The second-order valence-corrected chi connectivity index (χ2v) is 14.6. The van der Waals surface area contributed by atoms with E-state index in [2.05, 4.69) is 31.9 Å². The molecule has 10 heteroatoms. The van der Waals surface area contributed by atoms with Crippen LogP contribution < -0.4 is 19.4 Å². The lowest BCUT2D eigenvalue weighted by Gasteiger charge is -2.39. The van der Waals surface area contributed by atoms with Crippen molar-refractivity contribution in [2.24, 2.45) is 17.8 Å². The average Bonchev–Trinajstić information content (AvgIpc) is 3.70. The van der Waals surface area contributed by atoms with E-state index in [-0.39, 0.29) is 36.7 Å². The normalized spacial score (nSPS) is 25.9. The van der Waals surface area contributed by atoms with Gasteiger partial charge in [0.2, 0.25) is 11.8 Å². The van der Waals surface area contributed by atoms with Gasteiger partial charge < -0.3 is 34.2 Å². The van der Waals surface area contributed by atoms with Crippen LogP contribution in [-0.2, 0) is 19.1 Å². The molecule has 0 saturated carbocycles. The molecule has 54 heavy (non-hydrogen) atoms. The summed E-state index contributed by atoms with van der Waals surface area (Å²) < 4.78 is 12.8. The van der Waals surface area contributed by atoms with E-state index in [1.165, 1.54) is 4.90 Å². The van der Waals surface area contributed by atoms with Crippen molar-refractivity contribution in [2.45, 2.75) is 64.3 Å². The fourth-order valence-electron chi connectivity index (χ4n) is 9.24. The number of benzene rings is 3. The molecule has 2 bridgehead atoms. The third kappa shape index (κ3) is 6.39. The minimum Gasteiger partial charge on any atom is -0.494 e. The highest BCUT2D eigenvalue weighted by atomic mass is 16.5. The van der Waals surface area contributed by atoms with Gasteiger partial charge in [-0.2, -0.15) is 0 Å². The first-order chi connectivity index (χ1) is 26.0. The lowest BCUT2D eigenvalue weighted by molar-refractivity contribution is -0.149. The van der Waals surface area contributed by atoms with Crippen LogP contribution in [0, 0.1) is 17.8 Å². The highest BCUT2D eigenvalue weighted by molar-refractivity contribution is 6.07. The molecule has 3 saturated heterocycles. The summed E-state index contributed by atoms with van der Waals surface area (Å²) in [6, 6.07) is 22.3. The van der Waals surface area contributed by atoms with E-state index in [1.54, 1.807) is 22.0 Å². The van der Waals surface area contributed by atoms with Crippen molar-refractivity contribution >= 4 is 34.8 Å². The van der Waals surface area contributed by atoms with Crippen molar-refractivity contribution < 1.29 is 29.0 Å². The first kappa shape index (κ1) is 38.8. The van der Waals surface area contributed by atoms with Crippen LogP contribution in [0.1, 0.15) is 52.6 Å². The largest absolute Gasteiger partial charge is 0.494 e. The zero-order valence-corrected chi connectivity index (χ0v) is 32.2. The van der Waals surface area contributed by atoms with Crippen LogP contribution in [0.2, 0.25) is 0 Å². The van der Waals surface area contributed by atoms with Gasteiger partial charge in [-0.25, -0.2) is 0 Å². The van der Waals surface area contributed by atoms with E-state index >= 15 is 14.4 Å². The molecule has 7 atom stereocenters. The first-order valence-electron chi connectivity index (χ1n) is 19.2. The molecule has 3 heterocycles. The van der Waals surface area contributed by atoms with Crippen molar-refractivity contribution in [3.05, 3.63) is 110 Å². The van der Waals surface area contributed by atoms with E-state index in [0.717, 1.165) is 18.8 Å². The Morgan fingerprint density at radius 1 is 0.907 bits per heavy atom. The molecule has 3 fully saturated rings. The van der Waals surface area contributed by atoms with Gasteiger partial charge in [-0.1, -0.05) is 49.4 Å². The minimum atomic E-state index is -1.34. The number of carbonyl (C=O) groups excluding carboxylic acids is 3. The molecular weight excluding hydrogens is 681 g/mol. The molecule has 0 radical (unpaired) electrons. The summed E-state index contributed by atoms with van der Waals surface area (Å²) in [5, 5.41) is 11.0. The van der Waals surface area contributed by atoms with Gasteiger partial charge in [0.1, 0.15) is 17.4 Å². The number of carbonyl (C=O) groups is 3. The minimum absolute atomic E-state index is 0.178. The molecule has 3 amide bonds. The molecule has 0 aliphatic carbocycles. The predicted molar refractivity (Wildman–Crippen MR) is 213 cm³/mol. The maximum Gasteiger partial charge on any atom is 0.253 e. The summed E-state index contributed by atoms with van der Waals surface area (Å²) in [6.45, 7) is 20.1. The van der Waals surface area contributed by atoms with Crippen LogP contribution >= 0.6 is 0 Å². The standard InChI is InChI=1S/C44H54N4O6/c1-8-26-46(34-22-24-35(25-23-34)53-12-5)40(50)37-38-41(51)48(36(29-49)31-16-14-13-15-17-31)39(44(38)28-30(6)43(37,7)54-44)42(52)47(27-9-2)33-20-18-32(19-21-33)45(10-3)11-4/h8-9,13-25,30,36-39,49H,1-2,10-12,26-29H2,3-7H3/t30?,36-,37+,38+,39?,43-,44?/m1/s1. The second-order valence-electron chi connectivity index (χ2n) is 14.6. The number of anilines is 3. The van der Waals surface area contributed by atoms with Crippen LogP contribution in [0.3, 0.4) is 0 Å². The smallest absolute Gasteiger partial charge is 0.253 e. The summed E-state index contributed by atoms with van der Waals surface area (Å²) in [5.74, 6) is -2.42. The maximum absolute atomic E-state index is 15.4. The summed E-state index contributed by atoms with van der Waals surface area (Å²) in [4.78, 5) is 52.8. The second kappa shape index (κ2) is 15.8. The molecule has 1 N–H and O–H groups in total. The van der Waals surface area contributed by atoms with Gasteiger partial charge in [0, 0.05) is 43.2 Å². The number of fused-ring (bicyclic) bond motifs is 1. The quantitative estimate of drug-likeness (QED) is 0.170. The van der Waals surface area contributed by atoms with Gasteiger partial charge in [-0.3, -0.25) is 14.4 Å². The third-order valence-corrected chi connectivity index (χ3v) is 11.9. The molecule has 3 unspecified atom stereocenters. The molecule has 286 valence electrons. The summed E-state index contributed by atoms with van der Waals surface area (Å²) in [7, 11) is 0. The third-order valence-electron chi connectivity index (χ3n) is 11.9. The first-order valence-corrected chi connectivity index (χ1v) is 19.2. The molecule has 3 aliphatic heterocycles. The van der Waals surface area contributed by atoms with Crippen LogP contribution in [0.4, 0.5) is 17.1 Å². The van der Waals surface area contributed by atoms with E-state index in [4.69, 9.17) is 9.47 Å². The Bertz CT molecular complexity index is 1830. The van der Waals surface area contributed by atoms with Crippen molar-refractivity contribution in [1.82, 2.24) is 4.90 Å². The fraction of sp³-hybridized carbons (Fsp3) is 0.432. The number of rotatable bonds is 16. The van der Waals surface area contributed by atoms with E-state index < -0.39 is 41.7 Å². The van der Waals surface area contributed by atoms with Gasteiger partial charge in [0.25, 0.3) is 5.91 Å². The Labute approximate surface area is 319 Å². The lowest BCUT2D eigenvalue weighted by atomic mass is 9.62. The van der Waals surface area contributed by atoms with Crippen molar-refractivity contribution in [1.29, 1.82) is 0 Å². The van der Waals surface area contributed by atoms with Gasteiger partial charge in [0.05, 0.1) is 36.7 Å². The Balaban J connectivity index is 1.48. The lowest BCUT2D eigenvalue weighted by Crippen LogP contribution is -2.57. The number of nitrogens with zero attached hydrogens (tertiary/aromatic N) is 4. The summed E-state index contributed by atoms with van der Waals surface area (Å²) >= 11 is 0. The van der Waals surface area contributed by atoms with Gasteiger partial charge in [0.15, 0.2) is 0 Å². The highest BCUT2D eigenvalue weighted by Crippen LogP contribution is 2.66. The molecular formula is C44H54N4O6. The Hall–Kier alpha value is -4.93. The van der Waals surface area contributed by atoms with Crippen LogP contribution in [0.5, 0.6) is 5.75 Å². The van der Waals surface area contributed by atoms with Gasteiger partial charge in [-0.15, -0.1) is 13.2 Å². The Morgan fingerprint density at radius 2 is 1.46 bits per heavy atom. The maximum atomic E-state index is 15.4. The molecule has 3 aromatic rings. The Kier molecular flexibility index (Phi) is 11.4. The number of ether oxygens (including phenoxy) is 2. The van der Waals surface area contributed by atoms with E-state index in [9.17, 15) is 5.11 Å². The molecule has 0 aromatic heterocycles. The van der Waals surface area contributed by atoms with Crippen LogP contribution in [-0.4, -0.2) is 84.4 Å². The number of amides is 3. The molecule has 1 spiro atoms. The topological polar surface area (TPSA) is 103 Å². The van der Waals surface area contributed by atoms with E-state index in [0.29, 0.717) is 35.7 Å². The monoisotopic (exact) mass is 734 g/mol. The number of hydrogen-bond donors (Lipinski definition) is 1. The predicted octanol–water partition coefficient (Wildman–Crippen LogP) is 6.41. The number of hydrogen-bond acceptors (Lipinski definition) is 7. The van der Waals surface area contributed by atoms with Crippen molar-refractivity contribution in [3.63, 3.8) is 0 Å². The number of aliphatic hydroxyl groups is 1. The summed E-state index contributed by atoms with van der Waals surface area (Å²) in [5.41, 5.74) is 0.603. The zero-order valence-electron chi connectivity index (χ0n) is 32.2. The van der Waals surface area contributed by atoms with Crippen molar-refractivity contribution in [3.8, 4) is 5.75 Å². The Morgan fingerprint density at radius 3 is 2.00 bits per heavy atom.